The molecule has 0 N–H and O–H groups in total. The Bertz CT molecular complexity index is 420. The number of amides is 1. The lowest BCUT2D eigenvalue weighted by Gasteiger charge is -2.11. The summed E-state index contributed by atoms with van der Waals surface area (Å²) in [4.78, 5) is 19.8. The maximum atomic E-state index is 11.9. The number of anilines is 1. The van der Waals surface area contributed by atoms with E-state index in [1.807, 2.05) is 4.90 Å². The summed E-state index contributed by atoms with van der Waals surface area (Å²) in [6, 6.07) is 0. The Hall–Kier alpha value is -0.550. The first-order valence-electron chi connectivity index (χ1n) is 6.17. The molecule has 1 saturated heterocycles. The third kappa shape index (κ3) is 2.10. The maximum Gasteiger partial charge on any atom is 0.229 e. The number of nitrogens with zero attached hydrogens (tertiary/aromatic N) is 2. The number of carbonyl (C=O) groups excluding carboxylic acids is 1. The summed E-state index contributed by atoms with van der Waals surface area (Å²) in [5.74, 6) is 1.40. The lowest BCUT2D eigenvalue weighted by atomic mass is 10.0. The minimum absolute atomic E-state index is 0.218. The highest BCUT2D eigenvalue weighted by molar-refractivity contribution is 7.80. The highest BCUT2D eigenvalue weighted by atomic mass is 32.1. The van der Waals surface area contributed by atoms with Crippen LogP contribution < -0.4 is 4.90 Å². The van der Waals surface area contributed by atoms with Crippen molar-refractivity contribution in [3.05, 3.63) is 10.6 Å². The van der Waals surface area contributed by atoms with Gasteiger partial charge < -0.3 is 0 Å². The smallest absolute Gasteiger partial charge is 0.229 e. The largest absolute Gasteiger partial charge is 0.288 e. The normalized spacial score (nSPS) is 24.2. The highest BCUT2D eigenvalue weighted by Gasteiger charge is 2.32. The molecule has 1 aromatic rings. The van der Waals surface area contributed by atoms with Gasteiger partial charge in [0.05, 0.1) is 5.69 Å². The van der Waals surface area contributed by atoms with E-state index >= 15 is 0 Å². The van der Waals surface area contributed by atoms with Crippen LogP contribution in [0, 0.1) is 5.92 Å². The summed E-state index contributed by atoms with van der Waals surface area (Å²) in [6.07, 6.45) is 5.37. The van der Waals surface area contributed by atoms with Gasteiger partial charge in [-0.05, 0) is 37.4 Å². The molecule has 0 bridgehead atoms. The number of thiazole rings is 1. The Morgan fingerprint density at radius 2 is 2.24 bits per heavy atom. The molecule has 0 radical (unpaired) electrons. The molecular weight excluding hydrogens is 252 g/mol. The minimum Gasteiger partial charge on any atom is -0.288 e. The van der Waals surface area contributed by atoms with Crippen LogP contribution in [0.4, 0.5) is 5.13 Å². The van der Waals surface area contributed by atoms with Crippen LogP contribution in [0.3, 0.4) is 0 Å². The van der Waals surface area contributed by atoms with Gasteiger partial charge in [-0.1, -0.05) is 0 Å². The lowest BCUT2D eigenvalue weighted by molar-refractivity contribution is -0.117. The minimum atomic E-state index is 0.218. The molecule has 1 atom stereocenters. The molecule has 0 aromatic carbocycles. The lowest BCUT2D eigenvalue weighted by Crippen LogP contribution is -2.24. The number of rotatable bonds is 2. The number of fused-ring (bicyclic) bond motifs is 1. The fourth-order valence-electron chi connectivity index (χ4n) is 2.54. The summed E-state index contributed by atoms with van der Waals surface area (Å²) in [5, 5.41) is 0.922. The number of aromatic nitrogens is 1. The molecule has 1 amide bonds. The zero-order chi connectivity index (χ0) is 11.8. The van der Waals surface area contributed by atoms with Gasteiger partial charge in [-0.2, -0.15) is 12.6 Å². The van der Waals surface area contributed by atoms with Crippen LogP contribution in [0.15, 0.2) is 0 Å². The zero-order valence-electron chi connectivity index (χ0n) is 9.69. The number of thiol groups is 1. The van der Waals surface area contributed by atoms with Crippen LogP contribution in [0.1, 0.15) is 29.8 Å². The topological polar surface area (TPSA) is 33.2 Å². The molecule has 2 aliphatic rings. The van der Waals surface area contributed by atoms with Gasteiger partial charge in [-0.3, -0.25) is 9.69 Å². The third-order valence-electron chi connectivity index (χ3n) is 3.53. The quantitative estimate of drug-likeness (QED) is 0.835. The van der Waals surface area contributed by atoms with Crippen LogP contribution in [-0.2, 0) is 17.6 Å². The van der Waals surface area contributed by atoms with Crippen molar-refractivity contribution in [2.24, 2.45) is 5.92 Å². The molecule has 1 fully saturated rings. The van der Waals surface area contributed by atoms with Crippen LogP contribution in [0.25, 0.3) is 0 Å². The van der Waals surface area contributed by atoms with Gasteiger partial charge in [-0.15, -0.1) is 11.3 Å². The van der Waals surface area contributed by atoms with Gasteiger partial charge in [-0.25, -0.2) is 4.98 Å². The SMILES string of the molecule is O=C1CC(CS)CN1c1nc2c(s1)CCCC2. The number of carbonyl (C=O) groups is 1. The number of hydrogen-bond donors (Lipinski definition) is 1. The summed E-state index contributed by atoms with van der Waals surface area (Å²) in [5.41, 5.74) is 1.23. The van der Waals surface area contributed by atoms with Crippen molar-refractivity contribution >= 4 is 35.0 Å². The average molecular weight is 268 g/mol. The highest BCUT2D eigenvalue weighted by Crippen LogP contribution is 2.34. The second-order valence-electron chi connectivity index (χ2n) is 4.83. The Labute approximate surface area is 111 Å². The fraction of sp³-hybridized carbons (Fsp3) is 0.667. The van der Waals surface area contributed by atoms with Gasteiger partial charge in [0.15, 0.2) is 5.13 Å². The summed E-state index contributed by atoms with van der Waals surface area (Å²) in [6.45, 7) is 0.800. The van der Waals surface area contributed by atoms with Crippen LogP contribution >= 0.6 is 24.0 Å². The Kier molecular flexibility index (Phi) is 3.13. The van der Waals surface area contributed by atoms with Gasteiger partial charge in [0.25, 0.3) is 0 Å². The van der Waals surface area contributed by atoms with Crippen molar-refractivity contribution in [1.29, 1.82) is 0 Å². The van der Waals surface area contributed by atoms with Crippen LogP contribution in [0.5, 0.6) is 0 Å². The molecule has 92 valence electrons. The van der Waals surface area contributed by atoms with E-state index in [-0.39, 0.29) is 5.91 Å². The predicted octanol–water partition coefficient (Wildman–Crippen LogP) is 2.30. The van der Waals surface area contributed by atoms with E-state index in [4.69, 9.17) is 0 Å². The Morgan fingerprint density at radius 3 is 2.94 bits per heavy atom. The van der Waals surface area contributed by atoms with Crippen molar-refractivity contribution in [1.82, 2.24) is 4.98 Å². The van der Waals surface area contributed by atoms with E-state index in [1.165, 1.54) is 23.4 Å². The van der Waals surface area contributed by atoms with Crippen LogP contribution in [-0.4, -0.2) is 23.2 Å². The van der Waals surface area contributed by atoms with Crippen molar-refractivity contribution in [3.63, 3.8) is 0 Å². The first-order chi connectivity index (χ1) is 8.28. The van der Waals surface area contributed by atoms with E-state index in [0.717, 1.165) is 30.3 Å². The van der Waals surface area contributed by atoms with Gasteiger partial charge in [0.2, 0.25) is 5.91 Å². The Balaban J connectivity index is 1.84. The first kappa shape index (κ1) is 11.5. The van der Waals surface area contributed by atoms with E-state index in [9.17, 15) is 4.79 Å². The fourth-order valence-corrected chi connectivity index (χ4v) is 3.96. The number of hydrogen-bond acceptors (Lipinski definition) is 4. The molecular formula is C12H16N2OS2. The molecule has 1 unspecified atom stereocenters. The zero-order valence-corrected chi connectivity index (χ0v) is 11.4. The Morgan fingerprint density at radius 1 is 1.41 bits per heavy atom. The molecule has 0 saturated carbocycles. The summed E-state index contributed by atoms with van der Waals surface area (Å²) in [7, 11) is 0. The van der Waals surface area contributed by atoms with Gasteiger partial charge in [0, 0.05) is 17.8 Å². The molecule has 1 aromatic heterocycles. The van der Waals surface area contributed by atoms with Crippen molar-refractivity contribution in [2.75, 3.05) is 17.2 Å². The second-order valence-corrected chi connectivity index (χ2v) is 6.26. The number of aryl methyl sites for hydroxylation is 2. The molecule has 17 heavy (non-hydrogen) atoms. The molecule has 1 aliphatic carbocycles. The molecule has 3 nitrogen and oxygen atoms in total. The molecule has 0 spiro atoms. The third-order valence-corrected chi connectivity index (χ3v) is 5.23. The average Bonchev–Trinajstić information content (AvgIpc) is 2.91. The summed E-state index contributed by atoms with van der Waals surface area (Å²) < 4.78 is 0. The van der Waals surface area contributed by atoms with E-state index in [2.05, 4.69) is 17.6 Å². The van der Waals surface area contributed by atoms with Crippen molar-refractivity contribution in [3.8, 4) is 0 Å². The predicted molar refractivity (Wildman–Crippen MR) is 73.1 cm³/mol. The van der Waals surface area contributed by atoms with Gasteiger partial charge in [0.1, 0.15) is 0 Å². The first-order valence-corrected chi connectivity index (χ1v) is 7.62. The molecule has 3 rings (SSSR count). The van der Waals surface area contributed by atoms with Crippen LogP contribution in [0.2, 0.25) is 0 Å². The second kappa shape index (κ2) is 4.61. The van der Waals surface area contributed by atoms with Crippen molar-refractivity contribution in [2.45, 2.75) is 32.1 Å². The monoisotopic (exact) mass is 268 g/mol. The van der Waals surface area contributed by atoms with E-state index in [0.29, 0.717) is 12.3 Å². The molecule has 5 heteroatoms. The summed E-state index contributed by atoms with van der Waals surface area (Å²) >= 11 is 6.00. The maximum absolute atomic E-state index is 11.9. The molecule has 2 heterocycles. The van der Waals surface area contributed by atoms with Crippen molar-refractivity contribution < 1.29 is 4.79 Å². The standard InChI is InChI=1S/C12H16N2OS2/c15-11-5-8(7-16)6-14(11)12-13-9-3-1-2-4-10(9)17-12/h8,16H,1-7H2. The van der Waals surface area contributed by atoms with E-state index < -0.39 is 0 Å². The van der Waals surface area contributed by atoms with E-state index in [1.54, 1.807) is 11.3 Å². The molecule has 1 aliphatic heterocycles. The van der Waals surface area contributed by atoms with Gasteiger partial charge >= 0.3 is 0 Å².